The van der Waals surface area contributed by atoms with Gasteiger partial charge in [0.15, 0.2) is 5.82 Å². The van der Waals surface area contributed by atoms with Gasteiger partial charge in [-0.15, -0.1) is 0 Å². The summed E-state index contributed by atoms with van der Waals surface area (Å²) in [7, 11) is 0. The quantitative estimate of drug-likeness (QED) is 0.648. The van der Waals surface area contributed by atoms with Gasteiger partial charge in [0.1, 0.15) is 17.3 Å². The zero-order chi connectivity index (χ0) is 14.9. The fraction of sp³-hybridized carbons (Fsp3) is 0.286. The number of nitrogens with zero attached hydrogens (tertiary/aromatic N) is 3. The van der Waals surface area contributed by atoms with Gasteiger partial charge in [0.05, 0.1) is 0 Å². The molecular formula is C14H14N6O2. The first-order chi connectivity index (χ1) is 10.8. The van der Waals surface area contributed by atoms with E-state index in [4.69, 9.17) is 4.74 Å². The number of hydrogen-bond acceptors (Lipinski definition) is 6. The van der Waals surface area contributed by atoms with Crippen molar-refractivity contribution in [1.29, 1.82) is 0 Å². The van der Waals surface area contributed by atoms with Crippen LogP contribution in [0, 0.1) is 0 Å². The summed E-state index contributed by atoms with van der Waals surface area (Å²) in [5.74, 6) is 0.843. The van der Waals surface area contributed by atoms with E-state index in [9.17, 15) is 4.79 Å². The van der Waals surface area contributed by atoms with Crippen LogP contribution in [0.1, 0.15) is 6.42 Å². The van der Waals surface area contributed by atoms with Gasteiger partial charge < -0.3 is 10.1 Å². The lowest BCUT2D eigenvalue weighted by atomic mass is 10.2. The molecule has 4 heterocycles. The van der Waals surface area contributed by atoms with Crippen molar-refractivity contribution in [2.24, 2.45) is 0 Å². The molecule has 0 aliphatic carbocycles. The molecule has 1 saturated heterocycles. The molecule has 3 aromatic rings. The number of fused-ring (bicyclic) bond motifs is 1. The van der Waals surface area contributed by atoms with E-state index >= 15 is 0 Å². The van der Waals surface area contributed by atoms with E-state index in [2.05, 4.69) is 30.5 Å². The van der Waals surface area contributed by atoms with Crippen molar-refractivity contribution in [2.45, 2.75) is 12.5 Å². The Hall–Kier alpha value is -2.74. The molecule has 1 aliphatic heterocycles. The Bertz CT molecular complexity index is 865. The number of pyridine rings is 2. The van der Waals surface area contributed by atoms with Crippen molar-refractivity contribution in [1.82, 2.24) is 30.5 Å². The van der Waals surface area contributed by atoms with E-state index in [1.807, 2.05) is 18.2 Å². The minimum absolute atomic E-state index is 0.0752. The summed E-state index contributed by atoms with van der Waals surface area (Å²) >= 11 is 0. The number of hydrogen-bond donors (Lipinski definition) is 3. The van der Waals surface area contributed by atoms with Gasteiger partial charge in [0, 0.05) is 18.1 Å². The lowest BCUT2D eigenvalue weighted by molar-refractivity contribution is 0.217. The minimum Gasteiger partial charge on any atom is -0.471 e. The first-order valence-electron chi connectivity index (χ1n) is 7.08. The fourth-order valence-corrected chi connectivity index (χ4v) is 2.54. The number of rotatable bonds is 3. The first-order valence-corrected chi connectivity index (χ1v) is 7.08. The minimum atomic E-state index is -0.370. The topological polar surface area (TPSA) is 109 Å². The molecule has 3 aromatic heterocycles. The second kappa shape index (κ2) is 5.23. The van der Waals surface area contributed by atoms with Gasteiger partial charge in [0.25, 0.3) is 0 Å². The van der Waals surface area contributed by atoms with Crippen LogP contribution in [0.4, 0.5) is 0 Å². The van der Waals surface area contributed by atoms with Crippen LogP contribution >= 0.6 is 0 Å². The van der Waals surface area contributed by atoms with Gasteiger partial charge >= 0.3 is 5.69 Å². The van der Waals surface area contributed by atoms with Crippen LogP contribution in [0.2, 0.25) is 0 Å². The third kappa shape index (κ3) is 2.33. The van der Waals surface area contributed by atoms with Crippen LogP contribution < -0.4 is 15.7 Å². The van der Waals surface area contributed by atoms with Gasteiger partial charge in [-0.25, -0.2) is 14.9 Å². The number of aromatic amines is 2. The van der Waals surface area contributed by atoms with E-state index in [1.165, 1.54) is 0 Å². The van der Waals surface area contributed by atoms with Gasteiger partial charge in [-0.05, 0) is 25.1 Å². The summed E-state index contributed by atoms with van der Waals surface area (Å²) in [4.78, 5) is 22.7. The zero-order valence-corrected chi connectivity index (χ0v) is 11.7. The van der Waals surface area contributed by atoms with Gasteiger partial charge in [0.2, 0.25) is 5.88 Å². The predicted octanol–water partition coefficient (Wildman–Crippen LogP) is 0.449. The molecule has 22 heavy (non-hydrogen) atoms. The largest absolute Gasteiger partial charge is 0.471 e. The van der Waals surface area contributed by atoms with Crippen molar-refractivity contribution < 1.29 is 4.74 Å². The van der Waals surface area contributed by atoms with E-state index in [1.54, 1.807) is 6.20 Å². The predicted molar refractivity (Wildman–Crippen MR) is 79.6 cm³/mol. The average Bonchev–Trinajstić information content (AvgIpc) is 3.19. The molecule has 0 radical (unpaired) electrons. The highest BCUT2D eigenvalue weighted by Gasteiger charge is 2.19. The molecule has 0 saturated carbocycles. The van der Waals surface area contributed by atoms with E-state index in [0.717, 1.165) is 24.9 Å². The summed E-state index contributed by atoms with van der Waals surface area (Å²) < 4.78 is 5.99. The van der Waals surface area contributed by atoms with Crippen molar-refractivity contribution >= 4 is 10.9 Å². The van der Waals surface area contributed by atoms with Crippen LogP contribution in [0.15, 0.2) is 29.2 Å². The Kier molecular flexibility index (Phi) is 3.08. The van der Waals surface area contributed by atoms with Crippen molar-refractivity contribution in [3.05, 3.63) is 34.9 Å². The van der Waals surface area contributed by atoms with Crippen molar-refractivity contribution in [2.75, 3.05) is 13.1 Å². The Morgan fingerprint density at radius 3 is 3.09 bits per heavy atom. The van der Waals surface area contributed by atoms with Gasteiger partial charge in [-0.3, -0.25) is 9.97 Å². The average molecular weight is 298 g/mol. The first kappa shape index (κ1) is 13.0. The third-order valence-corrected chi connectivity index (χ3v) is 3.59. The van der Waals surface area contributed by atoms with Gasteiger partial charge in [-0.2, -0.15) is 5.10 Å². The lowest BCUT2D eigenvalue weighted by Crippen LogP contribution is -2.20. The summed E-state index contributed by atoms with van der Waals surface area (Å²) in [6.07, 6.45) is 2.71. The van der Waals surface area contributed by atoms with Crippen molar-refractivity contribution in [3.63, 3.8) is 0 Å². The molecule has 0 unspecified atom stereocenters. The third-order valence-electron chi connectivity index (χ3n) is 3.59. The molecule has 112 valence electrons. The smallest absolute Gasteiger partial charge is 0.340 e. The highest BCUT2D eigenvalue weighted by atomic mass is 16.5. The molecule has 1 atom stereocenters. The summed E-state index contributed by atoms with van der Waals surface area (Å²) in [6, 6.07) is 5.60. The Morgan fingerprint density at radius 1 is 1.36 bits per heavy atom. The maximum atomic E-state index is 11.2. The molecule has 3 N–H and O–H groups in total. The molecule has 4 rings (SSSR count). The van der Waals surface area contributed by atoms with Crippen LogP contribution in [0.25, 0.3) is 22.4 Å². The van der Waals surface area contributed by atoms with Crippen LogP contribution in [0.5, 0.6) is 5.88 Å². The zero-order valence-electron chi connectivity index (χ0n) is 11.7. The monoisotopic (exact) mass is 298 g/mol. The van der Waals surface area contributed by atoms with Crippen LogP contribution in [-0.4, -0.2) is 44.3 Å². The van der Waals surface area contributed by atoms with Crippen LogP contribution in [-0.2, 0) is 0 Å². The Balaban J connectivity index is 1.83. The van der Waals surface area contributed by atoms with E-state index in [0.29, 0.717) is 22.9 Å². The maximum absolute atomic E-state index is 11.2. The number of aromatic nitrogens is 5. The van der Waals surface area contributed by atoms with Crippen LogP contribution in [0.3, 0.4) is 0 Å². The fourth-order valence-electron chi connectivity index (χ4n) is 2.54. The Morgan fingerprint density at radius 2 is 2.32 bits per heavy atom. The van der Waals surface area contributed by atoms with E-state index in [-0.39, 0.29) is 11.8 Å². The SMILES string of the molecule is O=c1[nH]nc(-c2cc3cccnc3c(O[C@H]3CCNC3)n2)[nH]1. The highest BCUT2D eigenvalue weighted by Crippen LogP contribution is 2.27. The summed E-state index contributed by atoms with van der Waals surface area (Å²) in [5, 5.41) is 10.4. The number of nitrogens with one attached hydrogen (secondary N) is 3. The number of H-pyrrole nitrogens is 2. The maximum Gasteiger partial charge on any atom is 0.340 e. The molecule has 0 spiro atoms. The highest BCUT2D eigenvalue weighted by molar-refractivity contribution is 5.85. The molecule has 0 bridgehead atoms. The lowest BCUT2D eigenvalue weighted by Gasteiger charge is -2.13. The normalized spacial score (nSPS) is 17.9. The molecule has 8 nitrogen and oxygen atoms in total. The number of ether oxygens (including phenoxy) is 1. The molecule has 1 fully saturated rings. The molecule has 0 amide bonds. The molecule has 1 aliphatic rings. The molecule has 8 heteroatoms. The standard InChI is InChI=1S/C14H14N6O2/c21-14-18-12(19-20-14)10-6-8-2-1-4-16-11(8)13(17-10)22-9-3-5-15-7-9/h1-2,4,6,9,15H,3,5,7H2,(H2,18,19,20,21)/t9-/m0/s1. The molecular weight excluding hydrogens is 284 g/mol. The second-order valence-electron chi connectivity index (χ2n) is 5.15. The Labute approximate surface area is 125 Å². The summed E-state index contributed by atoms with van der Waals surface area (Å²) in [5.41, 5.74) is 0.876. The second-order valence-corrected chi connectivity index (χ2v) is 5.15. The summed E-state index contributed by atoms with van der Waals surface area (Å²) in [6.45, 7) is 1.72. The molecule has 0 aromatic carbocycles. The van der Waals surface area contributed by atoms with Crippen molar-refractivity contribution in [3.8, 4) is 17.4 Å². The van der Waals surface area contributed by atoms with E-state index < -0.39 is 0 Å². The van der Waals surface area contributed by atoms with Gasteiger partial charge in [-0.1, -0.05) is 6.07 Å².